The molecule has 0 spiro atoms. The minimum atomic E-state index is 0.555. The molecule has 0 aliphatic carbocycles. The number of hydrogen-bond donors (Lipinski definition) is 1. The molecule has 3 heteroatoms. The molecule has 2 rings (SSSR count). The highest BCUT2D eigenvalue weighted by Gasteiger charge is 2.22. The number of nitrogens with two attached hydrogens (primary N) is 1. The Morgan fingerprint density at radius 2 is 2.06 bits per heavy atom. The summed E-state index contributed by atoms with van der Waals surface area (Å²) in [6.45, 7) is 7.71. The van der Waals surface area contributed by atoms with Crippen LogP contribution in [-0.4, -0.2) is 37.6 Å². The third-order valence-corrected chi connectivity index (χ3v) is 3.49. The molecule has 1 saturated heterocycles. The van der Waals surface area contributed by atoms with Crippen LogP contribution in [0.2, 0.25) is 0 Å². The summed E-state index contributed by atoms with van der Waals surface area (Å²) in [4.78, 5) is 4.84. The van der Waals surface area contributed by atoms with E-state index in [1.54, 1.807) is 0 Å². The highest BCUT2D eigenvalue weighted by Crippen LogP contribution is 2.27. The Labute approximate surface area is 97.8 Å². The van der Waals surface area contributed by atoms with Crippen molar-refractivity contribution >= 4 is 11.4 Å². The van der Waals surface area contributed by atoms with E-state index in [9.17, 15) is 0 Å². The average molecular weight is 219 g/mol. The van der Waals surface area contributed by atoms with E-state index in [0.717, 1.165) is 25.3 Å². The first-order valence-electron chi connectivity index (χ1n) is 5.90. The molecule has 1 atom stereocenters. The molecule has 1 unspecified atom stereocenters. The zero-order valence-electron chi connectivity index (χ0n) is 10.4. The smallest absolute Gasteiger partial charge is 0.0419 e. The Balaban J connectivity index is 2.27. The Morgan fingerprint density at radius 1 is 1.31 bits per heavy atom. The van der Waals surface area contributed by atoms with Gasteiger partial charge in [-0.3, -0.25) is 0 Å². The molecule has 0 bridgehead atoms. The van der Waals surface area contributed by atoms with Crippen molar-refractivity contribution in [3.63, 3.8) is 0 Å². The molecular weight excluding hydrogens is 198 g/mol. The van der Waals surface area contributed by atoms with Gasteiger partial charge in [0.25, 0.3) is 0 Å². The number of likely N-dealkylation sites (N-methyl/N-ethyl adjacent to an activating group) is 1. The molecule has 88 valence electrons. The van der Waals surface area contributed by atoms with Gasteiger partial charge < -0.3 is 15.5 Å². The molecule has 1 fully saturated rings. The zero-order chi connectivity index (χ0) is 11.7. The van der Waals surface area contributed by atoms with Crippen molar-refractivity contribution in [2.24, 2.45) is 0 Å². The van der Waals surface area contributed by atoms with Gasteiger partial charge in [-0.15, -0.1) is 0 Å². The summed E-state index contributed by atoms with van der Waals surface area (Å²) in [6, 6.07) is 6.75. The van der Waals surface area contributed by atoms with Crippen molar-refractivity contribution in [3.05, 3.63) is 23.8 Å². The van der Waals surface area contributed by atoms with Crippen LogP contribution < -0.4 is 10.6 Å². The Bertz CT molecular complexity index is 375. The highest BCUT2D eigenvalue weighted by molar-refractivity contribution is 5.64. The van der Waals surface area contributed by atoms with Crippen molar-refractivity contribution in [2.45, 2.75) is 19.9 Å². The van der Waals surface area contributed by atoms with Gasteiger partial charge in [-0.2, -0.15) is 0 Å². The number of benzene rings is 1. The second kappa shape index (κ2) is 4.34. The van der Waals surface area contributed by atoms with Gasteiger partial charge in [0.15, 0.2) is 0 Å². The van der Waals surface area contributed by atoms with Crippen LogP contribution in [0.25, 0.3) is 0 Å². The lowest BCUT2D eigenvalue weighted by Crippen LogP contribution is -2.50. The first-order valence-corrected chi connectivity index (χ1v) is 5.90. The molecule has 1 aromatic rings. The second-order valence-corrected chi connectivity index (χ2v) is 4.80. The van der Waals surface area contributed by atoms with Crippen LogP contribution in [0.1, 0.15) is 12.5 Å². The third kappa shape index (κ3) is 2.00. The zero-order valence-corrected chi connectivity index (χ0v) is 10.4. The summed E-state index contributed by atoms with van der Waals surface area (Å²) in [5, 5.41) is 0. The minimum Gasteiger partial charge on any atom is -0.398 e. The molecule has 0 amide bonds. The van der Waals surface area contributed by atoms with Crippen molar-refractivity contribution in [3.8, 4) is 0 Å². The van der Waals surface area contributed by atoms with E-state index < -0.39 is 0 Å². The fourth-order valence-electron chi connectivity index (χ4n) is 2.45. The van der Waals surface area contributed by atoms with Crippen LogP contribution >= 0.6 is 0 Å². The van der Waals surface area contributed by atoms with Gasteiger partial charge >= 0.3 is 0 Å². The van der Waals surface area contributed by atoms with Crippen molar-refractivity contribution in [2.75, 3.05) is 37.3 Å². The number of anilines is 2. The van der Waals surface area contributed by atoms with E-state index in [-0.39, 0.29) is 0 Å². The Kier molecular flexibility index (Phi) is 3.06. The SMILES string of the molecule is Cc1c(N)cccc1N1CCN(C)CC1C. The highest BCUT2D eigenvalue weighted by atomic mass is 15.3. The quantitative estimate of drug-likeness (QED) is 0.730. The van der Waals surface area contributed by atoms with Gasteiger partial charge in [-0.05, 0) is 38.6 Å². The molecule has 16 heavy (non-hydrogen) atoms. The molecule has 1 aromatic carbocycles. The summed E-state index contributed by atoms with van der Waals surface area (Å²) in [6.07, 6.45) is 0. The van der Waals surface area contributed by atoms with E-state index in [1.165, 1.54) is 11.3 Å². The molecular formula is C13H21N3. The molecule has 2 N–H and O–H groups in total. The van der Waals surface area contributed by atoms with Gasteiger partial charge in [0.1, 0.15) is 0 Å². The maximum atomic E-state index is 5.96. The predicted molar refractivity (Wildman–Crippen MR) is 69.9 cm³/mol. The lowest BCUT2D eigenvalue weighted by Gasteiger charge is -2.40. The summed E-state index contributed by atoms with van der Waals surface area (Å²) in [7, 11) is 2.18. The monoisotopic (exact) mass is 219 g/mol. The second-order valence-electron chi connectivity index (χ2n) is 4.80. The van der Waals surface area contributed by atoms with Crippen LogP contribution in [0, 0.1) is 6.92 Å². The topological polar surface area (TPSA) is 32.5 Å². The molecule has 3 nitrogen and oxygen atoms in total. The number of nitrogens with zero attached hydrogens (tertiary/aromatic N) is 2. The molecule has 0 aromatic heterocycles. The van der Waals surface area contributed by atoms with Crippen molar-refractivity contribution in [1.82, 2.24) is 4.90 Å². The fourth-order valence-corrected chi connectivity index (χ4v) is 2.45. The fraction of sp³-hybridized carbons (Fsp3) is 0.538. The van der Waals surface area contributed by atoms with E-state index >= 15 is 0 Å². The van der Waals surface area contributed by atoms with Crippen LogP contribution in [0.3, 0.4) is 0 Å². The normalized spacial score (nSPS) is 22.4. The van der Waals surface area contributed by atoms with E-state index in [2.05, 4.69) is 36.8 Å². The maximum Gasteiger partial charge on any atom is 0.0419 e. The number of piperazine rings is 1. The van der Waals surface area contributed by atoms with Gasteiger partial charge in [-0.1, -0.05) is 6.07 Å². The summed E-state index contributed by atoms with van der Waals surface area (Å²) in [5.74, 6) is 0. The molecule has 1 aliphatic heterocycles. The summed E-state index contributed by atoms with van der Waals surface area (Å²) in [5.41, 5.74) is 9.35. The first-order chi connectivity index (χ1) is 7.59. The van der Waals surface area contributed by atoms with Gasteiger partial charge in [0.2, 0.25) is 0 Å². The van der Waals surface area contributed by atoms with Crippen molar-refractivity contribution in [1.29, 1.82) is 0 Å². The largest absolute Gasteiger partial charge is 0.398 e. The van der Waals surface area contributed by atoms with Crippen LogP contribution in [0.5, 0.6) is 0 Å². The van der Waals surface area contributed by atoms with Gasteiger partial charge in [0, 0.05) is 37.1 Å². The van der Waals surface area contributed by atoms with E-state index in [4.69, 9.17) is 5.73 Å². The van der Waals surface area contributed by atoms with Crippen molar-refractivity contribution < 1.29 is 0 Å². The number of nitrogen functional groups attached to an aromatic ring is 1. The minimum absolute atomic E-state index is 0.555. The first kappa shape index (κ1) is 11.3. The standard InChI is InChI=1S/C13H21N3/c1-10-9-15(3)7-8-16(10)13-6-4-5-12(14)11(13)2/h4-6,10H,7-9,14H2,1-3H3. The summed E-state index contributed by atoms with van der Waals surface area (Å²) < 4.78 is 0. The molecule has 0 radical (unpaired) electrons. The van der Waals surface area contributed by atoms with Crippen LogP contribution in [0.4, 0.5) is 11.4 Å². The number of rotatable bonds is 1. The number of hydrogen-bond acceptors (Lipinski definition) is 3. The molecule has 1 aliphatic rings. The van der Waals surface area contributed by atoms with Crippen LogP contribution in [0.15, 0.2) is 18.2 Å². The predicted octanol–water partition coefficient (Wildman–Crippen LogP) is 1.72. The van der Waals surface area contributed by atoms with Gasteiger partial charge in [-0.25, -0.2) is 0 Å². The Hall–Kier alpha value is -1.22. The maximum absolute atomic E-state index is 5.96. The summed E-state index contributed by atoms with van der Waals surface area (Å²) >= 11 is 0. The van der Waals surface area contributed by atoms with E-state index in [1.807, 2.05) is 12.1 Å². The average Bonchev–Trinajstić information content (AvgIpc) is 2.23. The van der Waals surface area contributed by atoms with Crippen LogP contribution in [-0.2, 0) is 0 Å². The molecule has 1 heterocycles. The lowest BCUT2D eigenvalue weighted by atomic mass is 10.1. The van der Waals surface area contributed by atoms with Gasteiger partial charge in [0.05, 0.1) is 0 Å². The molecule has 0 saturated carbocycles. The lowest BCUT2D eigenvalue weighted by molar-refractivity contribution is 0.275. The Morgan fingerprint density at radius 3 is 2.75 bits per heavy atom. The van der Waals surface area contributed by atoms with E-state index in [0.29, 0.717) is 6.04 Å². The third-order valence-electron chi connectivity index (χ3n) is 3.49.